The van der Waals surface area contributed by atoms with Crippen molar-refractivity contribution in [3.05, 3.63) is 34.3 Å². The first kappa shape index (κ1) is 13.8. The van der Waals surface area contributed by atoms with E-state index in [0.717, 1.165) is 19.2 Å². The summed E-state index contributed by atoms with van der Waals surface area (Å²) in [4.78, 5) is 11.1. The van der Waals surface area contributed by atoms with Crippen LogP contribution in [0.2, 0.25) is 5.02 Å². The molecule has 0 heterocycles. The largest absolute Gasteiger partial charge is 0.468 e. The lowest BCUT2D eigenvalue weighted by molar-refractivity contribution is -0.144. The highest BCUT2D eigenvalue weighted by atomic mass is 35.5. The molecule has 0 radical (unpaired) electrons. The molecule has 0 aliphatic rings. The molecule has 94 valence electrons. The number of carbonyl (C=O) groups excluding carboxylic acids is 1. The number of alkyl halides is 3. The van der Waals surface area contributed by atoms with E-state index in [1.54, 1.807) is 0 Å². The van der Waals surface area contributed by atoms with E-state index in [1.165, 1.54) is 6.07 Å². The van der Waals surface area contributed by atoms with Crippen molar-refractivity contribution in [2.24, 2.45) is 5.73 Å². The second kappa shape index (κ2) is 4.93. The summed E-state index contributed by atoms with van der Waals surface area (Å²) in [5, 5.41) is -0.0851. The summed E-state index contributed by atoms with van der Waals surface area (Å²) >= 11 is 5.48. The fourth-order valence-corrected chi connectivity index (χ4v) is 1.47. The Hall–Kier alpha value is -1.27. The Kier molecular flexibility index (Phi) is 4.00. The summed E-state index contributed by atoms with van der Waals surface area (Å²) in [6, 6.07) is 1.52. The van der Waals surface area contributed by atoms with Gasteiger partial charge in [0.15, 0.2) is 0 Å². The van der Waals surface area contributed by atoms with Gasteiger partial charge in [-0.1, -0.05) is 17.7 Å². The van der Waals surface area contributed by atoms with Crippen molar-refractivity contribution in [2.45, 2.75) is 12.2 Å². The molecule has 1 atom stereocenters. The highest BCUT2D eigenvalue weighted by Crippen LogP contribution is 2.35. The molecule has 1 aromatic carbocycles. The molecule has 0 unspecified atom stereocenters. The number of methoxy groups -OCH3 is 1. The van der Waals surface area contributed by atoms with Crippen molar-refractivity contribution in [3.63, 3.8) is 0 Å². The molecule has 0 fully saturated rings. The maximum Gasteiger partial charge on any atom is 0.416 e. The lowest BCUT2D eigenvalue weighted by Crippen LogP contribution is -2.25. The van der Waals surface area contributed by atoms with Crippen LogP contribution in [-0.2, 0) is 15.7 Å². The molecule has 17 heavy (non-hydrogen) atoms. The van der Waals surface area contributed by atoms with Crippen LogP contribution in [0.25, 0.3) is 0 Å². The van der Waals surface area contributed by atoms with Crippen molar-refractivity contribution in [1.29, 1.82) is 0 Å². The Labute approximate surface area is 100 Å². The molecule has 2 N–H and O–H groups in total. The molecule has 0 saturated carbocycles. The van der Waals surface area contributed by atoms with Gasteiger partial charge in [0.1, 0.15) is 6.04 Å². The highest BCUT2D eigenvalue weighted by Gasteiger charge is 2.36. The van der Waals surface area contributed by atoms with Crippen LogP contribution in [0.15, 0.2) is 18.2 Å². The van der Waals surface area contributed by atoms with Crippen LogP contribution in [-0.4, -0.2) is 13.1 Å². The van der Waals surface area contributed by atoms with Crippen molar-refractivity contribution >= 4 is 17.6 Å². The van der Waals surface area contributed by atoms with E-state index in [9.17, 15) is 18.0 Å². The van der Waals surface area contributed by atoms with E-state index in [2.05, 4.69) is 4.74 Å². The van der Waals surface area contributed by atoms with Crippen LogP contribution in [0.3, 0.4) is 0 Å². The zero-order chi connectivity index (χ0) is 13.2. The molecule has 7 heteroatoms. The molecular formula is C10H9ClF3NO2. The van der Waals surface area contributed by atoms with E-state index in [-0.39, 0.29) is 10.6 Å². The van der Waals surface area contributed by atoms with Gasteiger partial charge in [0, 0.05) is 5.02 Å². The Morgan fingerprint density at radius 1 is 1.47 bits per heavy atom. The van der Waals surface area contributed by atoms with E-state index < -0.39 is 23.8 Å². The van der Waals surface area contributed by atoms with Crippen molar-refractivity contribution in [3.8, 4) is 0 Å². The van der Waals surface area contributed by atoms with Crippen LogP contribution in [0.1, 0.15) is 17.2 Å². The third kappa shape index (κ3) is 3.10. The van der Waals surface area contributed by atoms with Gasteiger partial charge in [-0.3, -0.25) is 4.79 Å². The normalized spacial score (nSPS) is 13.3. The van der Waals surface area contributed by atoms with Gasteiger partial charge in [-0.2, -0.15) is 13.2 Å². The van der Waals surface area contributed by atoms with E-state index in [4.69, 9.17) is 17.3 Å². The lowest BCUT2D eigenvalue weighted by atomic mass is 10.0. The molecule has 3 nitrogen and oxygen atoms in total. The minimum atomic E-state index is -4.63. The van der Waals surface area contributed by atoms with Gasteiger partial charge >= 0.3 is 12.1 Å². The van der Waals surface area contributed by atoms with Crippen LogP contribution in [0.4, 0.5) is 13.2 Å². The number of esters is 1. The van der Waals surface area contributed by atoms with Gasteiger partial charge in [0.2, 0.25) is 0 Å². The number of halogens is 4. The summed E-state index contributed by atoms with van der Waals surface area (Å²) in [7, 11) is 1.05. The fourth-order valence-electron chi connectivity index (χ4n) is 1.30. The number of carbonyl (C=O) groups is 1. The Morgan fingerprint density at radius 3 is 2.53 bits per heavy atom. The summed E-state index contributed by atoms with van der Waals surface area (Å²) in [6.45, 7) is 0. The number of nitrogens with two attached hydrogens (primary N) is 1. The van der Waals surface area contributed by atoms with Gasteiger partial charge in [0.25, 0.3) is 0 Å². The summed E-state index contributed by atoms with van der Waals surface area (Å²) in [5.41, 5.74) is 3.97. The minimum Gasteiger partial charge on any atom is -0.468 e. The van der Waals surface area contributed by atoms with Gasteiger partial charge in [-0.25, -0.2) is 0 Å². The molecular weight excluding hydrogens is 259 g/mol. The van der Waals surface area contributed by atoms with E-state index in [0.29, 0.717) is 0 Å². The lowest BCUT2D eigenvalue weighted by Gasteiger charge is -2.16. The molecule has 0 bridgehead atoms. The number of hydrogen-bond donors (Lipinski definition) is 1. The molecule has 0 aliphatic heterocycles. The number of rotatable bonds is 2. The third-order valence-electron chi connectivity index (χ3n) is 2.11. The molecule has 0 aromatic heterocycles. The van der Waals surface area contributed by atoms with Crippen LogP contribution in [0.5, 0.6) is 0 Å². The summed E-state index contributed by atoms with van der Waals surface area (Å²) in [6.07, 6.45) is -4.63. The predicted molar refractivity (Wildman–Crippen MR) is 55.4 cm³/mol. The molecule has 0 aliphatic carbocycles. The number of hydrogen-bond acceptors (Lipinski definition) is 3. The quantitative estimate of drug-likeness (QED) is 0.838. The molecule has 0 amide bonds. The number of ether oxygens (including phenoxy) is 1. The SMILES string of the molecule is COC(=O)[C@H](N)c1ccc(Cl)cc1C(F)(F)F. The first-order valence-corrected chi connectivity index (χ1v) is 4.85. The zero-order valence-corrected chi connectivity index (χ0v) is 9.47. The molecule has 0 spiro atoms. The first-order chi connectivity index (χ1) is 7.77. The Balaban J connectivity index is 3.29. The number of benzene rings is 1. The second-order valence-corrected chi connectivity index (χ2v) is 3.67. The smallest absolute Gasteiger partial charge is 0.416 e. The Bertz CT molecular complexity index is 434. The van der Waals surface area contributed by atoms with Gasteiger partial charge in [-0.15, -0.1) is 0 Å². The monoisotopic (exact) mass is 267 g/mol. The highest BCUT2D eigenvalue weighted by molar-refractivity contribution is 6.30. The maximum absolute atomic E-state index is 12.7. The van der Waals surface area contributed by atoms with E-state index in [1.807, 2.05) is 0 Å². The minimum absolute atomic E-state index is 0.0851. The van der Waals surface area contributed by atoms with Gasteiger partial charge in [-0.05, 0) is 17.7 Å². The average molecular weight is 268 g/mol. The van der Waals surface area contributed by atoms with E-state index >= 15 is 0 Å². The van der Waals surface area contributed by atoms with Crippen molar-refractivity contribution in [1.82, 2.24) is 0 Å². The summed E-state index contributed by atoms with van der Waals surface area (Å²) in [5.74, 6) is -0.946. The predicted octanol–water partition coefficient (Wildman–Crippen LogP) is 2.53. The molecule has 1 aromatic rings. The topological polar surface area (TPSA) is 52.3 Å². The third-order valence-corrected chi connectivity index (χ3v) is 2.35. The second-order valence-electron chi connectivity index (χ2n) is 3.23. The Morgan fingerprint density at radius 2 is 2.06 bits per heavy atom. The molecule has 1 rings (SSSR count). The van der Waals surface area contributed by atoms with Crippen LogP contribution < -0.4 is 5.73 Å². The van der Waals surface area contributed by atoms with Crippen molar-refractivity contribution in [2.75, 3.05) is 7.11 Å². The van der Waals surface area contributed by atoms with Gasteiger partial charge < -0.3 is 10.5 Å². The average Bonchev–Trinajstić information content (AvgIpc) is 2.25. The fraction of sp³-hybridized carbons (Fsp3) is 0.300. The first-order valence-electron chi connectivity index (χ1n) is 4.47. The summed E-state index contributed by atoms with van der Waals surface area (Å²) < 4.78 is 42.4. The zero-order valence-electron chi connectivity index (χ0n) is 8.72. The molecule has 0 saturated heterocycles. The van der Waals surface area contributed by atoms with Crippen molar-refractivity contribution < 1.29 is 22.7 Å². The van der Waals surface area contributed by atoms with Gasteiger partial charge in [0.05, 0.1) is 12.7 Å². The van der Waals surface area contributed by atoms with Crippen LogP contribution in [0, 0.1) is 0 Å². The standard InChI is InChI=1S/C10H9ClF3NO2/c1-17-9(16)8(15)6-3-2-5(11)4-7(6)10(12,13)14/h2-4,8H,15H2,1H3/t8-/m1/s1. The maximum atomic E-state index is 12.7. The van der Waals surface area contributed by atoms with Crippen LogP contribution >= 0.6 is 11.6 Å².